The summed E-state index contributed by atoms with van der Waals surface area (Å²) in [5, 5.41) is 15.6. The van der Waals surface area contributed by atoms with Gasteiger partial charge in [-0.15, -0.1) is 5.10 Å². The molecule has 3 heterocycles. The predicted molar refractivity (Wildman–Crippen MR) is 121 cm³/mol. The van der Waals surface area contributed by atoms with Gasteiger partial charge in [-0.05, 0) is 49.7 Å². The van der Waals surface area contributed by atoms with Crippen LogP contribution in [0.5, 0.6) is 0 Å². The van der Waals surface area contributed by atoms with Crippen LogP contribution in [0.4, 0.5) is 0 Å². The van der Waals surface area contributed by atoms with Gasteiger partial charge >= 0.3 is 0 Å². The molecule has 1 aliphatic carbocycles. The fourth-order valence-corrected chi connectivity index (χ4v) is 5.07. The van der Waals surface area contributed by atoms with Crippen molar-refractivity contribution >= 4 is 11.8 Å². The molecular formula is C24H29N7O2. The molecule has 0 bridgehead atoms. The van der Waals surface area contributed by atoms with Crippen LogP contribution >= 0.6 is 0 Å². The van der Waals surface area contributed by atoms with E-state index in [9.17, 15) is 9.59 Å². The van der Waals surface area contributed by atoms with Crippen molar-refractivity contribution in [2.45, 2.75) is 51.7 Å². The van der Waals surface area contributed by atoms with Gasteiger partial charge < -0.3 is 10.2 Å². The summed E-state index contributed by atoms with van der Waals surface area (Å²) in [4.78, 5) is 27.1. The van der Waals surface area contributed by atoms with Gasteiger partial charge in [0.2, 0.25) is 5.91 Å². The van der Waals surface area contributed by atoms with Crippen LogP contribution in [0.25, 0.3) is 0 Å². The monoisotopic (exact) mass is 447 g/mol. The third kappa shape index (κ3) is 4.40. The van der Waals surface area contributed by atoms with Crippen molar-refractivity contribution < 1.29 is 9.59 Å². The lowest BCUT2D eigenvalue weighted by atomic mass is 9.59. The highest BCUT2D eigenvalue weighted by atomic mass is 16.2. The number of aryl methyl sites for hydroxylation is 1. The number of nitrogens with one attached hydrogen (secondary N) is 1. The summed E-state index contributed by atoms with van der Waals surface area (Å²) < 4.78 is 3.57. The van der Waals surface area contributed by atoms with Gasteiger partial charge in [-0.1, -0.05) is 35.5 Å². The molecule has 5 rings (SSSR count). The molecule has 1 saturated heterocycles. The Bertz CT molecular complexity index is 1130. The van der Waals surface area contributed by atoms with Crippen LogP contribution in [0.15, 0.2) is 48.8 Å². The van der Waals surface area contributed by atoms with E-state index in [1.807, 2.05) is 59.1 Å². The maximum atomic E-state index is 12.7. The van der Waals surface area contributed by atoms with Crippen LogP contribution in [0.3, 0.4) is 0 Å². The molecule has 33 heavy (non-hydrogen) atoms. The molecule has 1 aliphatic heterocycles. The first-order valence-electron chi connectivity index (χ1n) is 11.5. The normalized spacial score (nSPS) is 19.3. The van der Waals surface area contributed by atoms with Crippen LogP contribution in [-0.2, 0) is 17.9 Å². The van der Waals surface area contributed by atoms with Crippen LogP contribution in [0.2, 0.25) is 0 Å². The van der Waals surface area contributed by atoms with E-state index >= 15 is 0 Å². The topological polar surface area (TPSA) is 97.9 Å². The van der Waals surface area contributed by atoms with Crippen LogP contribution in [-0.4, -0.2) is 54.6 Å². The van der Waals surface area contributed by atoms with Crippen molar-refractivity contribution in [1.29, 1.82) is 0 Å². The first kappa shape index (κ1) is 21.4. The van der Waals surface area contributed by atoms with Crippen LogP contribution in [0, 0.1) is 12.3 Å². The summed E-state index contributed by atoms with van der Waals surface area (Å²) in [5.74, 6) is -0.102. The summed E-state index contributed by atoms with van der Waals surface area (Å²) in [6.45, 7) is 4.16. The van der Waals surface area contributed by atoms with E-state index in [1.54, 1.807) is 10.9 Å². The first-order chi connectivity index (χ1) is 16.0. The second-order valence-electron chi connectivity index (χ2n) is 9.20. The van der Waals surface area contributed by atoms with Crippen molar-refractivity contribution in [3.05, 3.63) is 65.7 Å². The average Bonchev–Trinajstić information content (AvgIpc) is 3.46. The molecule has 2 amide bonds. The molecule has 9 nitrogen and oxygen atoms in total. The largest absolute Gasteiger partial charge is 0.347 e. The number of carbonyl (C=O) groups is 2. The number of hydrogen-bond acceptors (Lipinski definition) is 5. The number of carbonyl (C=O) groups excluding carboxylic acids is 2. The van der Waals surface area contributed by atoms with E-state index in [-0.39, 0.29) is 29.8 Å². The zero-order valence-electron chi connectivity index (χ0n) is 18.9. The Labute approximate surface area is 192 Å². The number of piperidine rings is 1. The molecule has 172 valence electrons. The van der Waals surface area contributed by atoms with E-state index in [4.69, 9.17) is 0 Å². The van der Waals surface area contributed by atoms with E-state index in [2.05, 4.69) is 20.7 Å². The standard InChI is InChI=1S/C24H29N7O2/c1-18-8-12-30(27-18)17-22(32)29-13-10-24(11-14-29)9-7-21(24)31-16-20(26-28-31)23(33)25-15-19-5-3-2-4-6-19/h2-6,8,12,16,21H,7,9-11,13-15,17H2,1H3,(H,25,33). The Balaban J connectivity index is 1.16. The third-order valence-electron chi connectivity index (χ3n) is 7.16. The quantitative estimate of drug-likeness (QED) is 0.626. The lowest BCUT2D eigenvalue weighted by molar-refractivity contribution is -0.137. The molecule has 2 fully saturated rings. The van der Waals surface area contributed by atoms with Crippen molar-refractivity contribution in [2.24, 2.45) is 5.41 Å². The average molecular weight is 448 g/mol. The zero-order chi connectivity index (χ0) is 22.8. The Kier molecular flexibility index (Phi) is 5.70. The van der Waals surface area contributed by atoms with E-state index in [0.29, 0.717) is 12.2 Å². The van der Waals surface area contributed by atoms with Crippen molar-refractivity contribution in [3.8, 4) is 0 Å². The Morgan fingerprint density at radius 1 is 1.12 bits per heavy atom. The highest BCUT2D eigenvalue weighted by Crippen LogP contribution is 2.56. The summed E-state index contributed by atoms with van der Waals surface area (Å²) >= 11 is 0. The minimum absolute atomic E-state index is 0.113. The van der Waals surface area contributed by atoms with Gasteiger partial charge in [0.1, 0.15) is 6.54 Å². The molecule has 1 spiro atoms. The van der Waals surface area contributed by atoms with Gasteiger partial charge in [-0.25, -0.2) is 4.68 Å². The van der Waals surface area contributed by atoms with Gasteiger partial charge in [0, 0.05) is 25.8 Å². The van der Waals surface area contributed by atoms with Gasteiger partial charge in [0.15, 0.2) is 5.69 Å². The predicted octanol–water partition coefficient (Wildman–Crippen LogP) is 2.36. The Morgan fingerprint density at radius 3 is 2.58 bits per heavy atom. The van der Waals surface area contributed by atoms with Gasteiger partial charge in [-0.3, -0.25) is 14.3 Å². The summed E-state index contributed by atoms with van der Waals surface area (Å²) in [6.07, 6.45) is 7.64. The fraction of sp³-hybridized carbons (Fsp3) is 0.458. The van der Waals surface area contributed by atoms with Gasteiger partial charge in [0.25, 0.3) is 5.91 Å². The molecule has 3 aromatic rings. The second kappa shape index (κ2) is 8.80. The summed E-state index contributed by atoms with van der Waals surface area (Å²) in [5.41, 5.74) is 2.43. The number of amides is 2. The minimum atomic E-state index is -0.215. The van der Waals surface area contributed by atoms with E-state index in [0.717, 1.165) is 50.0 Å². The number of benzene rings is 1. The molecule has 1 saturated carbocycles. The lowest BCUT2D eigenvalue weighted by Gasteiger charge is -2.53. The smallest absolute Gasteiger partial charge is 0.273 e. The maximum absolute atomic E-state index is 12.7. The number of nitrogens with zero attached hydrogens (tertiary/aromatic N) is 6. The first-order valence-corrected chi connectivity index (χ1v) is 11.5. The zero-order valence-corrected chi connectivity index (χ0v) is 18.9. The van der Waals surface area contributed by atoms with E-state index in [1.165, 1.54) is 0 Å². The molecule has 2 aliphatic rings. The van der Waals surface area contributed by atoms with Crippen molar-refractivity contribution in [3.63, 3.8) is 0 Å². The Hall–Kier alpha value is -3.49. The fourth-order valence-electron chi connectivity index (χ4n) is 5.07. The van der Waals surface area contributed by atoms with Crippen molar-refractivity contribution in [2.75, 3.05) is 13.1 Å². The summed E-state index contributed by atoms with van der Waals surface area (Å²) in [7, 11) is 0. The van der Waals surface area contributed by atoms with Gasteiger partial charge in [-0.2, -0.15) is 5.10 Å². The molecule has 1 N–H and O–H groups in total. The molecular weight excluding hydrogens is 418 g/mol. The number of hydrogen-bond donors (Lipinski definition) is 1. The highest BCUT2D eigenvalue weighted by molar-refractivity contribution is 5.91. The third-order valence-corrected chi connectivity index (χ3v) is 7.16. The number of likely N-dealkylation sites (tertiary alicyclic amines) is 1. The van der Waals surface area contributed by atoms with Crippen molar-refractivity contribution in [1.82, 2.24) is 35.0 Å². The number of rotatable bonds is 6. The molecule has 0 radical (unpaired) electrons. The molecule has 9 heteroatoms. The lowest BCUT2D eigenvalue weighted by Crippen LogP contribution is -2.51. The molecule has 1 unspecified atom stereocenters. The van der Waals surface area contributed by atoms with Crippen LogP contribution < -0.4 is 5.32 Å². The molecule has 2 aromatic heterocycles. The summed E-state index contributed by atoms with van der Waals surface area (Å²) in [6, 6.07) is 11.9. The van der Waals surface area contributed by atoms with Crippen LogP contribution in [0.1, 0.15) is 53.5 Å². The Morgan fingerprint density at radius 2 is 1.91 bits per heavy atom. The number of aromatic nitrogens is 5. The molecule has 1 atom stereocenters. The van der Waals surface area contributed by atoms with Gasteiger partial charge in [0.05, 0.1) is 17.9 Å². The minimum Gasteiger partial charge on any atom is -0.347 e. The second-order valence-corrected chi connectivity index (χ2v) is 9.20. The SMILES string of the molecule is Cc1ccn(CC(=O)N2CCC3(CCC3n3cc(C(=O)NCc4ccccc4)nn3)CC2)n1. The van der Waals surface area contributed by atoms with E-state index < -0.39 is 0 Å². The highest BCUT2D eigenvalue weighted by Gasteiger charge is 2.50. The maximum Gasteiger partial charge on any atom is 0.273 e. The molecule has 1 aromatic carbocycles.